The van der Waals surface area contributed by atoms with E-state index < -0.39 is 0 Å². The van der Waals surface area contributed by atoms with Crippen molar-refractivity contribution in [1.82, 2.24) is 5.32 Å². The molecule has 0 saturated carbocycles. The molecular formula is C18H22N2O4. The van der Waals surface area contributed by atoms with Crippen molar-refractivity contribution in [2.45, 2.75) is 32.7 Å². The number of nitrogens with one attached hydrogen (secondary N) is 2. The van der Waals surface area contributed by atoms with Crippen molar-refractivity contribution < 1.29 is 19.1 Å². The van der Waals surface area contributed by atoms with Crippen LogP contribution in [0.2, 0.25) is 0 Å². The van der Waals surface area contributed by atoms with Gasteiger partial charge in [-0.05, 0) is 56.5 Å². The molecule has 0 aliphatic carbocycles. The predicted octanol–water partition coefficient (Wildman–Crippen LogP) is 2.73. The second-order valence-corrected chi connectivity index (χ2v) is 5.70. The highest BCUT2D eigenvalue weighted by molar-refractivity contribution is 6.03. The summed E-state index contributed by atoms with van der Waals surface area (Å²) in [6.45, 7) is 3.85. The lowest BCUT2D eigenvalue weighted by atomic mass is 10.1. The summed E-state index contributed by atoms with van der Waals surface area (Å²) in [7, 11) is 0. The van der Waals surface area contributed by atoms with Crippen molar-refractivity contribution in [2.75, 3.05) is 11.9 Å². The van der Waals surface area contributed by atoms with Gasteiger partial charge in [0.2, 0.25) is 0 Å². The molecule has 2 amide bonds. The number of aliphatic hydroxyl groups is 1. The smallest absolute Gasteiger partial charge is 0.291 e. The number of aliphatic hydroxyl groups excluding tert-OH is 1. The Bertz CT molecular complexity index is 695. The van der Waals surface area contributed by atoms with Gasteiger partial charge in [-0.25, -0.2) is 0 Å². The molecular weight excluding hydrogens is 308 g/mol. The highest BCUT2D eigenvalue weighted by atomic mass is 16.3. The van der Waals surface area contributed by atoms with Crippen molar-refractivity contribution in [2.24, 2.45) is 0 Å². The molecule has 0 spiro atoms. The predicted molar refractivity (Wildman–Crippen MR) is 91.1 cm³/mol. The largest absolute Gasteiger partial charge is 0.459 e. The summed E-state index contributed by atoms with van der Waals surface area (Å²) in [5.41, 5.74) is 1.87. The number of amides is 2. The highest BCUT2D eigenvalue weighted by Crippen LogP contribution is 2.18. The summed E-state index contributed by atoms with van der Waals surface area (Å²) in [6, 6.07) is 8.32. The van der Waals surface area contributed by atoms with Gasteiger partial charge in [-0.3, -0.25) is 9.59 Å². The SMILES string of the molecule is Cc1ccc(C(=O)NC(C)CCCO)cc1NC(=O)c1ccco1. The first-order valence-corrected chi connectivity index (χ1v) is 7.88. The molecule has 1 unspecified atom stereocenters. The van der Waals surface area contributed by atoms with Gasteiger partial charge in [0, 0.05) is 23.9 Å². The lowest BCUT2D eigenvalue weighted by Gasteiger charge is -2.14. The first-order valence-electron chi connectivity index (χ1n) is 7.88. The summed E-state index contributed by atoms with van der Waals surface area (Å²) in [4.78, 5) is 24.4. The van der Waals surface area contributed by atoms with E-state index in [0.29, 0.717) is 24.1 Å². The number of carbonyl (C=O) groups excluding carboxylic acids is 2. The Hall–Kier alpha value is -2.60. The molecule has 0 bridgehead atoms. The standard InChI is InChI=1S/C18H22N2O4/c1-12-7-8-14(17(22)19-13(2)5-3-9-21)11-15(12)20-18(23)16-6-4-10-24-16/h4,6-8,10-11,13,21H,3,5,9H2,1-2H3,(H,19,22)(H,20,23). The monoisotopic (exact) mass is 330 g/mol. The average Bonchev–Trinajstić information content (AvgIpc) is 3.09. The van der Waals surface area contributed by atoms with E-state index in [4.69, 9.17) is 9.52 Å². The van der Waals surface area contributed by atoms with Crippen LogP contribution < -0.4 is 10.6 Å². The Balaban J connectivity index is 2.07. The molecule has 0 radical (unpaired) electrons. The summed E-state index contributed by atoms with van der Waals surface area (Å²) < 4.78 is 5.06. The van der Waals surface area contributed by atoms with Crippen LogP contribution in [-0.4, -0.2) is 29.6 Å². The molecule has 2 rings (SSSR count). The maximum absolute atomic E-state index is 12.3. The normalized spacial score (nSPS) is 11.8. The summed E-state index contributed by atoms with van der Waals surface area (Å²) in [5, 5.41) is 14.5. The number of furan rings is 1. The van der Waals surface area contributed by atoms with Crippen molar-refractivity contribution in [1.29, 1.82) is 0 Å². The van der Waals surface area contributed by atoms with E-state index in [-0.39, 0.29) is 30.2 Å². The van der Waals surface area contributed by atoms with E-state index in [2.05, 4.69) is 10.6 Å². The van der Waals surface area contributed by atoms with Gasteiger partial charge in [-0.1, -0.05) is 6.07 Å². The van der Waals surface area contributed by atoms with E-state index in [1.54, 1.807) is 30.3 Å². The molecule has 0 aliphatic rings. The Morgan fingerprint density at radius 2 is 2.04 bits per heavy atom. The number of hydrogen-bond acceptors (Lipinski definition) is 4. The van der Waals surface area contributed by atoms with E-state index in [0.717, 1.165) is 5.56 Å². The van der Waals surface area contributed by atoms with Gasteiger partial charge in [-0.15, -0.1) is 0 Å². The second kappa shape index (κ2) is 8.31. The van der Waals surface area contributed by atoms with Gasteiger partial charge in [0.15, 0.2) is 5.76 Å². The zero-order valence-electron chi connectivity index (χ0n) is 13.8. The fourth-order valence-electron chi connectivity index (χ4n) is 2.27. The number of benzene rings is 1. The number of anilines is 1. The van der Waals surface area contributed by atoms with Crippen LogP contribution in [-0.2, 0) is 0 Å². The lowest BCUT2D eigenvalue weighted by molar-refractivity contribution is 0.0935. The Morgan fingerprint density at radius 1 is 1.25 bits per heavy atom. The van der Waals surface area contributed by atoms with Crippen molar-refractivity contribution >= 4 is 17.5 Å². The Labute approximate surface area is 140 Å². The molecule has 0 fully saturated rings. The third-order valence-electron chi connectivity index (χ3n) is 3.67. The molecule has 128 valence electrons. The van der Waals surface area contributed by atoms with Crippen molar-refractivity contribution in [3.8, 4) is 0 Å². The highest BCUT2D eigenvalue weighted by Gasteiger charge is 2.14. The van der Waals surface area contributed by atoms with Crippen LogP contribution in [0.3, 0.4) is 0 Å². The van der Waals surface area contributed by atoms with Gasteiger partial charge in [0.05, 0.1) is 6.26 Å². The topological polar surface area (TPSA) is 91.6 Å². The molecule has 0 aliphatic heterocycles. The zero-order chi connectivity index (χ0) is 17.5. The van der Waals surface area contributed by atoms with E-state index in [1.165, 1.54) is 6.26 Å². The minimum absolute atomic E-state index is 0.0351. The fraction of sp³-hybridized carbons (Fsp3) is 0.333. The Morgan fingerprint density at radius 3 is 2.71 bits per heavy atom. The summed E-state index contributed by atoms with van der Waals surface area (Å²) >= 11 is 0. The van der Waals surface area contributed by atoms with Gasteiger partial charge >= 0.3 is 0 Å². The maximum atomic E-state index is 12.3. The average molecular weight is 330 g/mol. The molecule has 0 saturated heterocycles. The van der Waals surface area contributed by atoms with E-state index >= 15 is 0 Å². The maximum Gasteiger partial charge on any atom is 0.291 e. The second-order valence-electron chi connectivity index (χ2n) is 5.70. The first kappa shape index (κ1) is 17.7. The van der Waals surface area contributed by atoms with Crippen LogP contribution in [0.4, 0.5) is 5.69 Å². The van der Waals surface area contributed by atoms with Crippen molar-refractivity contribution in [3.63, 3.8) is 0 Å². The van der Waals surface area contributed by atoms with Crippen LogP contribution >= 0.6 is 0 Å². The van der Waals surface area contributed by atoms with Crippen molar-refractivity contribution in [3.05, 3.63) is 53.5 Å². The molecule has 1 aromatic heterocycles. The quantitative estimate of drug-likeness (QED) is 0.728. The number of carbonyl (C=O) groups is 2. The van der Waals surface area contributed by atoms with Gasteiger partial charge in [0.25, 0.3) is 11.8 Å². The number of hydrogen-bond donors (Lipinski definition) is 3. The third kappa shape index (κ3) is 4.70. The lowest BCUT2D eigenvalue weighted by Crippen LogP contribution is -2.32. The molecule has 3 N–H and O–H groups in total. The van der Waals surface area contributed by atoms with E-state index in [1.807, 2.05) is 13.8 Å². The molecule has 24 heavy (non-hydrogen) atoms. The molecule has 6 nitrogen and oxygen atoms in total. The molecule has 1 aromatic carbocycles. The molecule has 1 heterocycles. The number of rotatable bonds is 7. The van der Waals surface area contributed by atoms with Crippen LogP contribution in [0.1, 0.15) is 46.2 Å². The van der Waals surface area contributed by atoms with Crippen LogP contribution in [0, 0.1) is 6.92 Å². The third-order valence-corrected chi connectivity index (χ3v) is 3.67. The number of aryl methyl sites for hydroxylation is 1. The van der Waals surface area contributed by atoms with Crippen LogP contribution in [0.25, 0.3) is 0 Å². The zero-order valence-corrected chi connectivity index (χ0v) is 13.8. The summed E-state index contributed by atoms with van der Waals surface area (Å²) in [6.07, 6.45) is 2.77. The molecule has 2 aromatic rings. The summed E-state index contributed by atoms with van der Waals surface area (Å²) in [5.74, 6) is -0.368. The van der Waals surface area contributed by atoms with Crippen LogP contribution in [0.15, 0.2) is 41.0 Å². The Kier molecular flexibility index (Phi) is 6.14. The van der Waals surface area contributed by atoms with Gasteiger partial charge in [0.1, 0.15) is 0 Å². The fourth-order valence-corrected chi connectivity index (χ4v) is 2.27. The minimum Gasteiger partial charge on any atom is -0.459 e. The molecule has 6 heteroatoms. The van der Waals surface area contributed by atoms with Crippen LogP contribution in [0.5, 0.6) is 0 Å². The minimum atomic E-state index is -0.364. The van der Waals surface area contributed by atoms with Gasteiger partial charge < -0.3 is 20.2 Å². The van der Waals surface area contributed by atoms with E-state index in [9.17, 15) is 9.59 Å². The first-order chi connectivity index (χ1) is 11.5. The molecule has 1 atom stereocenters. The van der Waals surface area contributed by atoms with Gasteiger partial charge in [-0.2, -0.15) is 0 Å².